The highest BCUT2D eigenvalue weighted by Gasteiger charge is 2.34. The molecule has 0 saturated carbocycles. The zero-order valence-corrected chi connectivity index (χ0v) is 14.1. The molecule has 1 aliphatic rings. The Bertz CT molecular complexity index is 785. The number of nitrogens with zero attached hydrogens (tertiary/aromatic N) is 4. The summed E-state index contributed by atoms with van der Waals surface area (Å²) in [6.45, 7) is 2.55. The Kier molecular flexibility index (Phi) is 5.03. The van der Waals surface area contributed by atoms with Crippen LogP contribution in [0.3, 0.4) is 0 Å². The van der Waals surface area contributed by atoms with Crippen LogP contribution in [-0.4, -0.2) is 53.2 Å². The summed E-state index contributed by atoms with van der Waals surface area (Å²) in [5, 5.41) is 3.08. The van der Waals surface area contributed by atoms with Crippen LogP contribution in [0, 0.1) is 0 Å². The van der Waals surface area contributed by atoms with Crippen LogP contribution in [0.5, 0.6) is 0 Å². The normalized spacial score (nSPS) is 19.1. The minimum atomic E-state index is -3.35. The van der Waals surface area contributed by atoms with Gasteiger partial charge in [0, 0.05) is 18.9 Å². The number of pyridine rings is 1. The average Bonchev–Trinajstić information content (AvgIpc) is 2.63. The molecule has 2 aromatic heterocycles. The fraction of sp³-hybridized carbons (Fsp3) is 0.400. The minimum absolute atomic E-state index is 0.0371. The van der Waals surface area contributed by atoms with Crippen LogP contribution in [0.2, 0.25) is 0 Å². The summed E-state index contributed by atoms with van der Waals surface area (Å²) < 4.78 is 31.5. The number of aromatic nitrogens is 3. The number of nitrogens with one attached hydrogen (secondary N) is 1. The van der Waals surface area contributed by atoms with Gasteiger partial charge in [-0.25, -0.2) is 23.4 Å². The highest BCUT2D eigenvalue weighted by Crippen LogP contribution is 2.25. The van der Waals surface area contributed by atoms with Crippen molar-refractivity contribution in [3.05, 3.63) is 42.5 Å². The second-order valence-electron chi connectivity index (χ2n) is 5.24. The van der Waals surface area contributed by atoms with E-state index < -0.39 is 16.1 Å². The highest BCUT2D eigenvalue weighted by molar-refractivity contribution is 7.89. The van der Waals surface area contributed by atoms with Crippen LogP contribution in [-0.2, 0) is 14.8 Å². The number of hydrogen-bond donors (Lipinski definition) is 1. The van der Waals surface area contributed by atoms with Gasteiger partial charge in [-0.2, -0.15) is 4.31 Å². The zero-order chi connectivity index (χ0) is 17.0. The number of morpholine rings is 1. The van der Waals surface area contributed by atoms with Crippen LogP contribution in [0.15, 0.2) is 36.7 Å². The Morgan fingerprint density at radius 1 is 1.25 bits per heavy atom. The van der Waals surface area contributed by atoms with Gasteiger partial charge in [-0.1, -0.05) is 6.07 Å². The molecule has 2 aromatic rings. The van der Waals surface area contributed by atoms with Gasteiger partial charge in [0.15, 0.2) is 5.82 Å². The molecule has 0 aliphatic carbocycles. The summed E-state index contributed by atoms with van der Waals surface area (Å²) >= 11 is 0. The van der Waals surface area contributed by atoms with Gasteiger partial charge in [0.2, 0.25) is 10.0 Å². The van der Waals surface area contributed by atoms with E-state index in [0.29, 0.717) is 30.6 Å². The van der Waals surface area contributed by atoms with E-state index in [2.05, 4.69) is 20.3 Å². The van der Waals surface area contributed by atoms with Crippen molar-refractivity contribution >= 4 is 21.7 Å². The van der Waals surface area contributed by atoms with Crippen molar-refractivity contribution in [2.45, 2.75) is 13.0 Å². The summed E-state index contributed by atoms with van der Waals surface area (Å²) in [6.07, 6.45) is 3.27. The third kappa shape index (κ3) is 3.69. The standard InChI is InChI=1S/C15H19N5O3S/c1-2-24(21,22)20-9-10-23-11-12(20)15-17-8-6-14(19-15)18-13-5-3-4-7-16-13/h3-8,12H,2,9-11H2,1H3,(H,16,17,18,19). The molecule has 0 bridgehead atoms. The van der Waals surface area contributed by atoms with E-state index in [-0.39, 0.29) is 12.4 Å². The second kappa shape index (κ2) is 7.20. The zero-order valence-electron chi connectivity index (χ0n) is 13.3. The van der Waals surface area contributed by atoms with Crippen molar-refractivity contribution in [3.63, 3.8) is 0 Å². The predicted molar refractivity (Wildman–Crippen MR) is 89.3 cm³/mol. The lowest BCUT2D eigenvalue weighted by Crippen LogP contribution is -2.44. The highest BCUT2D eigenvalue weighted by atomic mass is 32.2. The summed E-state index contributed by atoms with van der Waals surface area (Å²) in [6, 6.07) is 6.69. The monoisotopic (exact) mass is 349 g/mol. The average molecular weight is 349 g/mol. The number of anilines is 2. The Hall–Kier alpha value is -2.10. The lowest BCUT2D eigenvalue weighted by Gasteiger charge is -2.33. The van der Waals surface area contributed by atoms with Gasteiger partial charge in [-0.05, 0) is 25.1 Å². The molecule has 0 radical (unpaired) electrons. The molecule has 3 rings (SSSR count). The summed E-state index contributed by atoms with van der Waals surface area (Å²) in [5.74, 6) is 1.65. The first-order valence-corrected chi connectivity index (χ1v) is 9.29. The SMILES string of the molecule is CCS(=O)(=O)N1CCOCC1c1nccc(Nc2ccccn2)n1. The maximum Gasteiger partial charge on any atom is 0.214 e. The quantitative estimate of drug-likeness (QED) is 0.870. The van der Waals surface area contributed by atoms with Crippen molar-refractivity contribution in [3.8, 4) is 0 Å². The van der Waals surface area contributed by atoms with Gasteiger partial charge in [-0.3, -0.25) is 0 Å². The van der Waals surface area contributed by atoms with E-state index in [1.165, 1.54) is 4.31 Å². The molecular weight excluding hydrogens is 330 g/mol. The first-order chi connectivity index (χ1) is 11.6. The molecule has 1 atom stereocenters. The molecule has 0 aromatic carbocycles. The number of hydrogen-bond acceptors (Lipinski definition) is 7. The number of sulfonamides is 1. The maximum absolute atomic E-state index is 12.3. The van der Waals surface area contributed by atoms with Crippen molar-refractivity contribution in [1.29, 1.82) is 0 Å². The molecule has 0 amide bonds. The molecule has 0 spiro atoms. The third-order valence-corrected chi connectivity index (χ3v) is 5.58. The summed E-state index contributed by atoms with van der Waals surface area (Å²) in [5.41, 5.74) is 0. The smallest absolute Gasteiger partial charge is 0.214 e. The topological polar surface area (TPSA) is 97.3 Å². The largest absolute Gasteiger partial charge is 0.378 e. The molecule has 9 heteroatoms. The van der Waals surface area contributed by atoms with E-state index in [9.17, 15) is 8.42 Å². The van der Waals surface area contributed by atoms with Crippen LogP contribution in [0.4, 0.5) is 11.6 Å². The molecule has 1 saturated heterocycles. The molecule has 8 nitrogen and oxygen atoms in total. The van der Waals surface area contributed by atoms with E-state index in [1.54, 1.807) is 25.4 Å². The molecule has 1 N–H and O–H groups in total. The molecule has 1 unspecified atom stereocenters. The summed E-state index contributed by atoms with van der Waals surface area (Å²) in [4.78, 5) is 12.9. The van der Waals surface area contributed by atoms with Gasteiger partial charge < -0.3 is 10.1 Å². The number of ether oxygens (including phenoxy) is 1. The van der Waals surface area contributed by atoms with Gasteiger partial charge in [0.05, 0.1) is 19.0 Å². The predicted octanol–water partition coefficient (Wildman–Crippen LogP) is 1.34. The molecule has 128 valence electrons. The Morgan fingerprint density at radius 2 is 2.12 bits per heavy atom. The van der Waals surface area contributed by atoms with Crippen LogP contribution < -0.4 is 5.32 Å². The van der Waals surface area contributed by atoms with Crippen molar-refractivity contribution in [1.82, 2.24) is 19.3 Å². The van der Waals surface area contributed by atoms with Gasteiger partial charge in [-0.15, -0.1) is 0 Å². The van der Waals surface area contributed by atoms with E-state index in [4.69, 9.17) is 4.74 Å². The van der Waals surface area contributed by atoms with Gasteiger partial charge >= 0.3 is 0 Å². The van der Waals surface area contributed by atoms with Crippen LogP contribution in [0.25, 0.3) is 0 Å². The van der Waals surface area contributed by atoms with Gasteiger partial charge in [0.25, 0.3) is 0 Å². The van der Waals surface area contributed by atoms with Crippen LogP contribution >= 0.6 is 0 Å². The molecule has 1 fully saturated rings. The number of rotatable bonds is 5. The lowest BCUT2D eigenvalue weighted by atomic mass is 10.2. The Morgan fingerprint density at radius 3 is 2.88 bits per heavy atom. The second-order valence-corrected chi connectivity index (χ2v) is 7.45. The maximum atomic E-state index is 12.3. The minimum Gasteiger partial charge on any atom is -0.378 e. The van der Waals surface area contributed by atoms with Gasteiger partial charge in [0.1, 0.15) is 17.7 Å². The molecule has 24 heavy (non-hydrogen) atoms. The van der Waals surface area contributed by atoms with Crippen molar-refractivity contribution < 1.29 is 13.2 Å². The first kappa shape index (κ1) is 16.7. The first-order valence-electron chi connectivity index (χ1n) is 7.68. The lowest BCUT2D eigenvalue weighted by molar-refractivity contribution is 0.0291. The van der Waals surface area contributed by atoms with Crippen molar-refractivity contribution in [2.75, 3.05) is 30.8 Å². The van der Waals surface area contributed by atoms with Crippen LogP contribution in [0.1, 0.15) is 18.8 Å². The Labute approximate surface area is 141 Å². The van der Waals surface area contributed by atoms with E-state index >= 15 is 0 Å². The fourth-order valence-electron chi connectivity index (χ4n) is 2.46. The Balaban J connectivity index is 1.86. The molecular formula is C15H19N5O3S. The molecule has 3 heterocycles. The fourth-order valence-corrected chi connectivity index (χ4v) is 3.69. The van der Waals surface area contributed by atoms with E-state index in [1.807, 2.05) is 18.2 Å². The summed E-state index contributed by atoms with van der Waals surface area (Å²) in [7, 11) is -3.35. The third-order valence-electron chi connectivity index (χ3n) is 3.69. The van der Waals surface area contributed by atoms with E-state index in [0.717, 1.165) is 0 Å². The van der Waals surface area contributed by atoms with Crippen molar-refractivity contribution in [2.24, 2.45) is 0 Å². The molecule has 1 aliphatic heterocycles.